The van der Waals surface area contributed by atoms with Crippen LogP contribution in [0.15, 0.2) is 40.2 Å². The maximum atomic E-state index is 3.89. The van der Waals surface area contributed by atoms with Gasteiger partial charge in [0.05, 0.1) is 0 Å². The first-order valence-corrected chi connectivity index (χ1v) is 11.6. The van der Waals surface area contributed by atoms with Crippen LogP contribution in [0.2, 0.25) is 9.26 Å². The Kier molecular flexibility index (Phi) is 10.7. The summed E-state index contributed by atoms with van der Waals surface area (Å²) in [5.41, 5.74) is 2.97. The number of rotatable bonds is 3. The summed E-state index contributed by atoms with van der Waals surface area (Å²) in [6.07, 6.45) is 5.61. The molecule has 1 aromatic rings. The first-order chi connectivity index (χ1) is 7.24. The number of benzene rings is 1. The van der Waals surface area contributed by atoms with Gasteiger partial charge >= 0.3 is 101 Å². The molecular formula is C14H21Cl2SiZr. The smallest absolute Gasteiger partial charge is 0.0149 e. The molecule has 1 aromatic carbocycles. The molecule has 99 valence electrons. The van der Waals surface area contributed by atoms with Crippen molar-refractivity contribution in [3.8, 4) is 0 Å². The standard InChI is InChI=1S/C12H11.2CH3.2ClH.H4Si.Zr/c1-2-5-10-8-9-11-6-3-4-7-12(10)11;;;;;;/h2-4,6-7,9-10H,1,5H2;2*1H3;2*1H;1H4;/q;;;;;;+2/p-2. The number of hydrogen-bond donors (Lipinski definition) is 0. The Balaban J connectivity index is 0. The Labute approximate surface area is 135 Å². The van der Waals surface area contributed by atoms with Gasteiger partial charge in [-0.25, -0.2) is 0 Å². The van der Waals surface area contributed by atoms with Crippen LogP contribution in [0, 0.1) is 0 Å². The Bertz CT molecular complexity index is 416. The third-order valence-corrected chi connectivity index (χ3v) is 7.09. The van der Waals surface area contributed by atoms with Gasteiger partial charge in [0.15, 0.2) is 0 Å². The van der Waals surface area contributed by atoms with Gasteiger partial charge in [-0.05, 0) is 11.0 Å². The van der Waals surface area contributed by atoms with Crippen molar-refractivity contribution in [2.45, 2.75) is 21.6 Å². The van der Waals surface area contributed by atoms with E-state index in [4.69, 9.17) is 0 Å². The van der Waals surface area contributed by atoms with E-state index in [2.05, 4.69) is 52.3 Å². The van der Waals surface area contributed by atoms with Crippen LogP contribution < -0.4 is 24.8 Å². The average molecular weight is 380 g/mol. The van der Waals surface area contributed by atoms with E-state index in [0.717, 1.165) is 6.42 Å². The number of halogens is 2. The molecule has 0 bridgehead atoms. The van der Waals surface area contributed by atoms with Gasteiger partial charge < -0.3 is 24.8 Å². The first kappa shape index (κ1) is 20.7. The van der Waals surface area contributed by atoms with Gasteiger partial charge in [-0.3, -0.25) is 0 Å². The molecular weight excluding hydrogens is 358 g/mol. The molecule has 1 aliphatic rings. The molecule has 2 rings (SSSR count). The summed E-state index contributed by atoms with van der Waals surface area (Å²) in [6.45, 7) is 3.89. The average Bonchev–Trinajstić information content (AvgIpc) is 2.58. The molecule has 0 fully saturated rings. The molecule has 1 aliphatic carbocycles. The van der Waals surface area contributed by atoms with Crippen LogP contribution in [0.3, 0.4) is 0 Å². The van der Waals surface area contributed by atoms with Crippen molar-refractivity contribution in [1.82, 2.24) is 0 Å². The molecule has 1 unspecified atom stereocenters. The van der Waals surface area contributed by atoms with E-state index in [9.17, 15) is 0 Å². The van der Waals surface area contributed by atoms with E-state index >= 15 is 0 Å². The second-order valence-electron chi connectivity index (χ2n) is 4.31. The van der Waals surface area contributed by atoms with Crippen molar-refractivity contribution in [3.63, 3.8) is 0 Å². The molecule has 0 spiro atoms. The largest absolute Gasteiger partial charge is 1.00 e. The molecule has 1 atom stereocenters. The van der Waals surface area contributed by atoms with Crippen molar-refractivity contribution >= 4 is 17.0 Å². The monoisotopic (exact) mass is 377 g/mol. The van der Waals surface area contributed by atoms with E-state index in [1.807, 2.05) is 0 Å². The van der Waals surface area contributed by atoms with E-state index in [1.165, 1.54) is 11.1 Å². The van der Waals surface area contributed by atoms with Crippen LogP contribution in [-0.2, 0) is 21.8 Å². The summed E-state index contributed by atoms with van der Waals surface area (Å²) in [7, 11) is 0. The van der Waals surface area contributed by atoms with Crippen molar-refractivity contribution in [2.24, 2.45) is 0 Å². The Hall–Kier alpha value is 0.380. The maximum Gasteiger partial charge on any atom is -0.0149 e. The van der Waals surface area contributed by atoms with E-state index in [1.54, 1.807) is 3.28 Å². The summed E-state index contributed by atoms with van der Waals surface area (Å²) in [4.78, 5) is 0. The molecule has 0 amide bonds. The normalized spacial score (nSPS) is 15.2. The van der Waals surface area contributed by atoms with Crippen molar-refractivity contribution in [1.29, 1.82) is 0 Å². The molecule has 0 N–H and O–H groups in total. The topological polar surface area (TPSA) is 0 Å². The van der Waals surface area contributed by atoms with E-state index in [0.29, 0.717) is 5.92 Å². The summed E-state index contributed by atoms with van der Waals surface area (Å²) in [5.74, 6) is 0.656. The molecule has 0 saturated heterocycles. The fourth-order valence-corrected chi connectivity index (χ4v) is 5.79. The van der Waals surface area contributed by atoms with Gasteiger partial charge in [-0.1, -0.05) is 0 Å². The minimum atomic E-state index is -1.23. The third kappa shape index (κ3) is 4.20. The van der Waals surface area contributed by atoms with Crippen LogP contribution in [0.4, 0.5) is 0 Å². The zero-order valence-electron chi connectivity index (χ0n) is 10.2. The molecule has 0 heterocycles. The Morgan fingerprint density at radius 1 is 1.22 bits per heavy atom. The van der Waals surface area contributed by atoms with Crippen molar-refractivity contribution < 1.29 is 46.6 Å². The van der Waals surface area contributed by atoms with E-state index < -0.39 is 21.8 Å². The van der Waals surface area contributed by atoms with Crippen LogP contribution in [-0.4, -0.2) is 11.0 Å². The van der Waals surface area contributed by atoms with Crippen molar-refractivity contribution in [3.05, 3.63) is 51.3 Å². The molecule has 18 heavy (non-hydrogen) atoms. The summed E-state index contributed by atoms with van der Waals surface area (Å²) in [6, 6.07) is 8.81. The van der Waals surface area contributed by atoms with Crippen LogP contribution in [0.25, 0.3) is 6.08 Å². The molecule has 0 aliphatic heterocycles. The molecule has 0 radical (unpaired) electrons. The predicted octanol–water partition coefficient (Wildman–Crippen LogP) is -3.03. The zero-order chi connectivity index (χ0) is 10.8. The maximum absolute atomic E-state index is 3.89. The van der Waals surface area contributed by atoms with E-state index in [-0.39, 0.29) is 35.8 Å². The van der Waals surface area contributed by atoms with Gasteiger partial charge in [0.2, 0.25) is 0 Å². The zero-order valence-corrected chi connectivity index (χ0v) is 14.2. The SMILES string of the molecule is C=CCC1[C]([Zr+2]([CH3])[CH3])=Cc2ccccc21.[Cl-].[Cl-].[SiH4]. The van der Waals surface area contributed by atoms with Gasteiger partial charge in [0, 0.05) is 0 Å². The predicted molar refractivity (Wildman–Crippen MR) is 75.0 cm³/mol. The first-order valence-electron chi connectivity index (χ1n) is 5.46. The van der Waals surface area contributed by atoms with Crippen LogP contribution in [0.1, 0.15) is 23.5 Å². The summed E-state index contributed by atoms with van der Waals surface area (Å²) >= 11 is -1.23. The Morgan fingerprint density at radius 2 is 1.83 bits per heavy atom. The summed E-state index contributed by atoms with van der Waals surface area (Å²) in [5, 5.41) is 0. The van der Waals surface area contributed by atoms with Crippen molar-refractivity contribution in [2.75, 3.05) is 0 Å². The minimum Gasteiger partial charge on any atom is -1.00 e. The number of allylic oxidation sites excluding steroid dienone is 2. The van der Waals surface area contributed by atoms with Gasteiger partial charge in [-0.15, -0.1) is 0 Å². The molecule has 4 heteroatoms. The quantitative estimate of drug-likeness (QED) is 0.387. The number of fused-ring (bicyclic) bond motifs is 1. The fourth-order valence-electron chi connectivity index (χ4n) is 2.31. The minimum absolute atomic E-state index is 0. The fraction of sp³-hybridized carbons (Fsp3) is 0.286. The van der Waals surface area contributed by atoms with Crippen LogP contribution in [0.5, 0.6) is 0 Å². The number of hydrogen-bond acceptors (Lipinski definition) is 0. The second kappa shape index (κ2) is 9.31. The van der Waals surface area contributed by atoms with Gasteiger partial charge in [0.25, 0.3) is 0 Å². The molecule has 0 saturated carbocycles. The second-order valence-corrected chi connectivity index (χ2v) is 10.6. The summed E-state index contributed by atoms with van der Waals surface area (Å²) < 4.78 is 6.69. The van der Waals surface area contributed by atoms with Gasteiger partial charge in [-0.2, -0.15) is 0 Å². The third-order valence-electron chi connectivity index (χ3n) is 3.04. The molecule has 0 nitrogen and oxygen atoms in total. The van der Waals surface area contributed by atoms with Crippen LogP contribution >= 0.6 is 0 Å². The Morgan fingerprint density at radius 3 is 2.39 bits per heavy atom. The molecule has 0 aromatic heterocycles. The van der Waals surface area contributed by atoms with Gasteiger partial charge in [0.1, 0.15) is 0 Å².